The predicted molar refractivity (Wildman–Crippen MR) is 103 cm³/mol. The number of nitrogens with zero attached hydrogens (tertiary/aromatic N) is 3. The van der Waals surface area contributed by atoms with Gasteiger partial charge in [0.05, 0.1) is 0 Å². The van der Waals surface area contributed by atoms with Crippen molar-refractivity contribution in [3.63, 3.8) is 0 Å². The SMILES string of the molecule is CN=C(NCC(C(C)C)N1CCN(C)CC1)NC(C)C.I. The Bertz CT molecular complexity index is 298. The zero-order valence-corrected chi connectivity index (χ0v) is 16.8. The lowest BCUT2D eigenvalue weighted by Crippen LogP contribution is -2.55. The van der Waals surface area contributed by atoms with Crippen LogP contribution in [0.2, 0.25) is 0 Å². The van der Waals surface area contributed by atoms with Gasteiger partial charge in [-0.1, -0.05) is 13.8 Å². The number of piperazine rings is 1. The third kappa shape index (κ3) is 7.65. The molecule has 1 rings (SSSR count). The first-order valence-corrected chi connectivity index (χ1v) is 7.83. The fraction of sp³-hybridized carbons (Fsp3) is 0.933. The van der Waals surface area contributed by atoms with Crippen LogP contribution in [0.1, 0.15) is 27.7 Å². The Kier molecular flexibility index (Phi) is 10.6. The Labute approximate surface area is 148 Å². The lowest BCUT2D eigenvalue weighted by Gasteiger charge is -2.40. The van der Waals surface area contributed by atoms with Crippen molar-refractivity contribution in [2.45, 2.75) is 39.8 Å². The van der Waals surface area contributed by atoms with Crippen LogP contribution in [0.15, 0.2) is 4.99 Å². The van der Waals surface area contributed by atoms with Crippen LogP contribution in [-0.2, 0) is 0 Å². The molecule has 2 N–H and O–H groups in total. The lowest BCUT2D eigenvalue weighted by molar-refractivity contribution is 0.0900. The number of nitrogens with one attached hydrogen (secondary N) is 2. The van der Waals surface area contributed by atoms with Crippen molar-refractivity contribution in [1.82, 2.24) is 20.4 Å². The highest BCUT2D eigenvalue weighted by Crippen LogP contribution is 2.12. The van der Waals surface area contributed by atoms with Gasteiger partial charge in [0.25, 0.3) is 0 Å². The van der Waals surface area contributed by atoms with Gasteiger partial charge in [-0.2, -0.15) is 0 Å². The summed E-state index contributed by atoms with van der Waals surface area (Å²) in [6.07, 6.45) is 0. The summed E-state index contributed by atoms with van der Waals surface area (Å²) in [5.74, 6) is 1.54. The van der Waals surface area contributed by atoms with Crippen LogP contribution in [0.3, 0.4) is 0 Å². The summed E-state index contributed by atoms with van der Waals surface area (Å²) in [5, 5.41) is 6.82. The van der Waals surface area contributed by atoms with Crippen LogP contribution in [0.5, 0.6) is 0 Å². The molecule has 1 fully saturated rings. The van der Waals surface area contributed by atoms with Gasteiger partial charge in [-0.3, -0.25) is 9.89 Å². The fourth-order valence-electron chi connectivity index (χ4n) is 2.61. The van der Waals surface area contributed by atoms with Crippen LogP contribution in [0, 0.1) is 5.92 Å². The van der Waals surface area contributed by atoms with Crippen molar-refractivity contribution < 1.29 is 0 Å². The van der Waals surface area contributed by atoms with E-state index in [9.17, 15) is 0 Å². The molecule has 6 heteroatoms. The number of likely N-dealkylation sites (N-methyl/N-ethyl adjacent to an activating group) is 1. The molecule has 1 aliphatic rings. The van der Waals surface area contributed by atoms with E-state index in [0.29, 0.717) is 18.0 Å². The summed E-state index contributed by atoms with van der Waals surface area (Å²) in [6.45, 7) is 14.5. The van der Waals surface area contributed by atoms with Gasteiger partial charge in [-0.05, 0) is 26.8 Å². The minimum absolute atomic E-state index is 0. The molecule has 1 atom stereocenters. The summed E-state index contributed by atoms with van der Waals surface area (Å²) < 4.78 is 0. The normalized spacial score (nSPS) is 19.5. The van der Waals surface area contributed by atoms with Crippen molar-refractivity contribution in [2.75, 3.05) is 46.8 Å². The molecule has 21 heavy (non-hydrogen) atoms. The van der Waals surface area contributed by atoms with E-state index in [-0.39, 0.29) is 24.0 Å². The Morgan fingerprint density at radius 1 is 1.10 bits per heavy atom. The number of aliphatic imine (C=N–C) groups is 1. The molecule has 0 aromatic carbocycles. The Hall–Kier alpha value is -0.0800. The van der Waals surface area contributed by atoms with Gasteiger partial charge in [0, 0.05) is 51.9 Å². The zero-order chi connectivity index (χ0) is 15.1. The van der Waals surface area contributed by atoms with Gasteiger partial charge < -0.3 is 15.5 Å². The van der Waals surface area contributed by atoms with Crippen molar-refractivity contribution in [2.24, 2.45) is 10.9 Å². The molecule has 0 aromatic heterocycles. The molecular formula is C15H34IN5. The van der Waals surface area contributed by atoms with Crippen LogP contribution in [0.25, 0.3) is 0 Å². The van der Waals surface area contributed by atoms with E-state index in [1.807, 2.05) is 7.05 Å². The first-order valence-electron chi connectivity index (χ1n) is 7.83. The number of rotatable bonds is 5. The summed E-state index contributed by atoms with van der Waals surface area (Å²) >= 11 is 0. The van der Waals surface area contributed by atoms with Crippen molar-refractivity contribution >= 4 is 29.9 Å². The zero-order valence-electron chi connectivity index (χ0n) is 14.5. The Morgan fingerprint density at radius 3 is 2.10 bits per heavy atom. The molecular weight excluding hydrogens is 377 g/mol. The third-order valence-electron chi connectivity index (χ3n) is 3.90. The lowest BCUT2D eigenvalue weighted by atomic mass is 10.0. The van der Waals surface area contributed by atoms with E-state index in [0.717, 1.165) is 25.6 Å². The molecule has 1 aliphatic heterocycles. The van der Waals surface area contributed by atoms with Gasteiger partial charge in [-0.25, -0.2) is 0 Å². The molecule has 1 saturated heterocycles. The molecule has 0 aliphatic carbocycles. The first kappa shape index (κ1) is 20.9. The third-order valence-corrected chi connectivity index (χ3v) is 3.90. The number of hydrogen-bond acceptors (Lipinski definition) is 3. The highest BCUT2D eigenvalue weighted by molar-refractivity contribution is 14.0. The maximum absolute atomic E-state index is 4.28. The minimum atomic E-state index is 0. The average molecular weight is 411 g/mol. The number of guanidine groups is 1. The van der Waals surface area contributed by atoms with Gasteiger partial charge in [0.1, 0.15) is 0 Å². The summed E-state index contributed by atoms with van der Waals surface area (Å²) in [6, 6.07) is 0.969. The smallest absolute Gasteiger partial charge is 0.191 e. The van der Waals surface area contributed by atoms with E-state index in [2.05, 4.69) is 60.2 Å². The van der Waals surface area contributed by atoms with E-state index in [4.69, 9.17) is 0 Å². The molecule has 1 heterocycles. The van der Waals surface area contributed by atoms with Gasteiger partial charge in [-0.15, -0.1) is 24.0 Å². The second-order valence-electron chi connectivity index (χ2n) is 6.40. The Morgan fingerprint density at radius 2 is 1.67 bits per heavy atom. The van der Waals surface area contributed by atoms with E-state index < -0.39 is 0 Å². The van der Waals surface area contributed by atoms with Crippen molar-refractivity contribution in [3.05, 3.63) is 0 Å². The number of halogens is 1. The quantitative estimate of drug-likeness (QED) is 0.409. The van der Waals surface area contributed by atoms with Crippen LogP contribution in [-0.4, -0.2) is 74.7 Å². The standard InChI is InChI=1S/C15H33N5.HI/c1-12(2)14(20-9-7-19(6)8-10-20)11-17-15(16-5)18-13(3)4;/h12-14H,7-11H2,1-6H3,(H2,16,17,18);1H. The van der Waals surface area contributed by atoms with Crippen LogP contribution >= 0.6 is 24.0 Å². The number of hydrogen-bond donors (Lipinski definition) is 2. The molecule has 0 aromatic rings. The highest BCUT2D eigenvalue weighted by Gasteiger charge is 2.24. The van der Waals surface area contributed by atoms with Crippen molar-refractivity contribution in [3.8, 4) is 0 Å². The highest BCUT2D eigenvalue weighted by atomic mass is 127. The van der Waals surface area contributed by atoms with E-state index in [1.165, 1.54) is 13.1 Å². The van der Waals surface area contributed by atoms with Crippen LogP contribution in [0.4, 0.5) is 0 Å². The topological polar surface area (TPSA) is 42.9 Å². The molecule has 0 radical (unpaired) electrons. The van der Waals surface area contributed by atoms with Gasteiger partial charge >= 0.3 is 0 Å². The summed E-state index contributed by atoms with van der Waals surface area (Å²) in [5.41, 5.74) is 0. The first-order chi connectivity index (χ1) is 9.43. The van der Waals surface area contributed by atoms with Crippen LogP contribution < -0.4 is 10.6 Å². The molecule has 0 saturated carbocycles. The van der Waals surface area contributed by atoms with Gasteiger partial charge in [0.2, 0.25) is 0 Å². The van der Waals surface area contributed by atoms with E-state index >= 15 is 0 Å². The fourth-order valence-corrected chi connectivity index (χ4v) is 2.61. The maximum Gasteiger partial charge on any atom is 0.191 e. The minimum Gasteiger partial charge on any atom is -0.355 e. The predicted octanol–water partition coefficient (Wildman–Crippen LogP) is 1.45. The monoisotopic (exact) mass is 411 g/mol. The average Bonchev–Trinajstić information content (AvgIpc) is 2.38. The van der Waals surface area contributed by atoms with Gasteiger partial charge in [0.15, 0.2) is 5.96 Å². The Balaban J connectivity index is 0.00000400. The molecule has 1 unspecified atom stereocenters. The summed E-state index contributed by atoms with van der Waals surface area (Å²) in [4.78, 5) is 9.30. The maximum atomic E-state index is 4.28. The van der Waals surface area contributed by atoms with Crippen molar-refractivity contribution in [1.29, 1.82) is 0 Å². The molecule has 0 bridgehead atoms. The second kappa shape index (κ2) is 10.6. The molecule has 0 amide bonds. The molecule has 0 spiro atoms. The molecule has 5 nitrogen and oxygen atoms in total. The second-order valence-corrected chi connectivity index (χ2v) is 6.40. The molecule has 126 valence electrons. The largest absolute Gasteiger partial charge is 0.355 e. The van der Waals surface area contributed by atoms with E-state index in [1.54, 1.807) is 0 Å². The summed E-state index contributed by atoms with van der Waals surface area (Å²) in [7, 11) is 4.03.